The van der Waals surface area contributed by atoms with Gasteiger partial charge in [-0.25, -0.2) is 0 Å². The number of carbonyl (C=O) groups is 1. The molecule has 0 saturated carbocycles. The number of amides is 1. The molecule has 1 amide bonds. The Morgan fingerprint density at radius 2 is 2.10 bits per heavy atom. The largest absolute Gasteiger partial charge is 0.508 e. The lowest BCUT2D eigenvalue weighted by Crippen LogP contribution is -2.45. The van der Waals surface area contributed by atoms with Crippen molar-refractivity contribution in [2.75, 3.05) is 6.54 Å². The Morgan fingerprint density at radius 3 is 2.55 bits per heavy atom. The van der Waals surface area contributed by atoms with E-state index in [2.05, 4.69) is 0 Å². The molecule has 1 aromatic carbocycles. The molecule has 0 spiro atoms. The molecule has 0 aliphatic rings. The van der Waals surface area contributed by atoms with E-state index in [1.165, 1.54) is 12.1 Å². The number of aromatic hydroxyl groups is 1. The number of hydrogen-bond acceptors (Lipinski definition) is 3. The Labute approximate surface area is 119 Å². The van der Waals surface area contributed by atoms with Crippen LogP contribution in [0.15, 0.2) is 29.8 Å². The topological polar surface area (TPSA) is 64.3 Å². The summed E-state index contributed by atoms with van der Waals surface area (Å²) in [5, 5.41) is 18.6. The average molecular weight is 272 g/mol. The molecule has 4 heteroatoms. The van der Waals surface area contributed by atoms with E-state index in [4.69, 9.17) is 0 Å². The van der Waals surface area contributed by atoms with Crippen LogP contribution in [0.2, 0.25) is 0 Å². The van der Waals surface area contributed by atoms with E-state index >= 15 is 0 Å². The molecular formula is C16H20N2O2. The monoisotopic (exact) mass is 272 g/mol. The summed E-state index contributed by atoms with van der Waals surface area (Å²) in [5.41, 5.74) is 0.341. The highest BCUT2D eigenvalue weighted by Gasteiger charge is 2.27. The van der Waals surface area contributed by atoms with Gasteiger partial charge in [-0.3, -0.25) is 4.79 Å². The minimum Gasteiger partial charge on any atom is -0.508 e. The van der Waals surface area contributed by atoms with Crippen LogP contribution in [0.25, 0.3) is 6.08 Å². The van der Waals surface area contributed by atoms with Crippen molar-refractivity contribution < 1.29 is 9.90 Å². The number of likely N-dealkylation sites (N-methyl/N-ethyl adjacent to an activating group) is 1. The van der Waals surface area contributed by atoms with Gasteiger partial charge in [-0.05, 0) is 51.5 Å². The molecule has 0 unspecified atom stereocenters. The minimum absolute atomic E-state index is 0.0624. The normalized spacial score (nSPS) is 11.8. The molecular weight excluding hydrogens is 252 g/mol. The van der Waals surface area contributed by atoms with E-state index in [9.17, 15) is 15.2 Å². The molecule has 0 fully saturated rings. The van der Waals surface area contributed by atoms with E-state index < -0.39 is 0 Å². The summed E-state index contributed by atoms with van der Waals surface area (Å²) in [6.45, 7) is 8.20. The highest BCUT2D eigenvalue weighted by Crippen LogP contribution is 2.19. The molecule has 0 aliphatic heterocycles. The van der Waals surface area contributed by atoms with Crippen LogP contribution in [0, 0.1) is 11.3 Å². The van der Waals surface area contributed by atoms with E-state index in [1.807, 2.05) is 33.8 Å². The summed E-state index contributed by atoms with van der Waals surface area (Å²) < 4.78 is 0. The fraction of sp³-hybridized carbons (Fsp3) is 0.375. The van der Waals surface area contributed by atoms with Gasteiger partial charge in [0, 0.05) is 12.1 Å². The van der Waals surface area contributed by atoms with E-state index in [1.54, 1.807) is 23.1 Å². The second-order valence-corrected chi connectivity index (χ2v) is 5.49. The van der Waals surface area contributed by atoms with Crippen molar-refractivity contribution in [2.45, 2.75) is 33.2 Å². The van der Waals surface area contributed by atoms with Gasteiger partial charge in [0.1, 0.15) is 17.4 Å². The maximum Gasteiger partial charge on any atom is 0.264 e. The molecule has 0 atom stereocenters. The van der Waals surface area contributed by atoms with Gasteiger partial charge >= 0.3 is 0 Å². The molecule has 106 valence electrons. The number of phenols is 1. The quantitative estimate of drug-likeness (QED) is 0.679. The molecule has 1 rings (SSSR count). The van der Waals surface area contributed by atoms with Crippen LogP contribution in [0.3, 0.4) is 0 Å². The molecule has 0 aromatic heterocycles. The molecule has 0 radical (unpaired) electrons. The Hall–Kier alpha value is -2.28. The number of rotatable bonds is 3. The first-order valence-corrected chi connectivity index (χ1v) is 6.52. The van der Waals surface area contributed by atoms with Gasteiger partial charge in [0.15, 0.2) is 0 Å². The molecule has 0 saturated heterocycles. The Bertz CT molecular complexity index is 563. The summed E-state index contributed by atoms with van der Waals surface area (Å²) >= 11 is 0. The van der Waals surface area contributed by atoms with Crippen molar-refractivity contribution in [1.82, 2.24) is 4.90 Å². The minimum atomic E-state index is -0.347. The standard InChI is InChI=1S/C16H20N2O2/c1-5-18(16(2,3)4)15(20)13(11-17)9-12-7-6-8-14(19)10-12/h6-10,19H,5H2,1-4H3/b13-9+. The third kappa shape index (κ3) is 3.86. The Morgan fingerprint density at radius 1 is 1.45 bits per heavy atom. The highest BCUT2D eigenvalue weighted by molar-refractivity contribution is 6.02. The summed E-state index contributed by atoms with van der Waals surface area (Å²) in [4.78, 5) is 14.1. The number of hydrogen-bond donors (Lipinski definition) is 1. The number of phenolic OH excluding ortho intramolecular Hbond substituents is 1. The summed E-state index contributed by atoms with van der Waals surface area (Å²) in [6, 6.07) is 8.40. The third-order valence-corrected chi connectivity index (χ3v) is 2.90. The zero-order chi connectivity index (χ0) is 15.3. The number of nitrogens with zero attached hydrogens (tertiary/aromatic N) is 2. The summed E-state index contributed by atoms with van der Waals surface area (Å²) in [5.74, 6) is -0.197. The Balaban J connectivity index is 3.14. The Kier molecular flexibility index (Phi) is 4.93. The van der Waals surface area contributed by atoms with Crippen LogP contribution in [-0.2, 0) is 4.79 Å². The first kappa shape index (κ1) is 15.8. The number of nitriles is 1. The lowest BCUT2D eigenvalue weighted by Gasteiger charge is -2.34. The van der Waals surface area contributed by atoms with Crippen molar-refractivity contribution in [1.29, 1.82) is 5.26 Å². The van der Waals surface area contributed by atoms with E-state index in [0.29, 0.717) is 12.1 Å². The lowest BCUT2D eigenvalue weighted by molar-refractivity contribution is -0.130. The predicted molar refractivity (Wildman–Crippen MR) is 78.8 cm³/mol. The SMILES string of the molecule is CCN(C(=O)/C(C#N)=C/c1cccc(O)c1)C(C)(C)C. The second-order valence-electron chi connectivity index (χ2n) is 5.49. The molecule has 4 nitrogen and oxygen atoms in total. The number of carbonyl (C=O) groups excluding carboxylic acids is 1. The molecule has 0 heterocycles. The van der Waals surface area contributed by atoms with Gasteiger partial charge in [-0.15, -0.1) is 0 Å². The summed E-state index contributed by atoms with van der Waals surface area (Å²) in [6.07, 6.45) is 1.50. The van der Waals surface area contributed by atoms with Gasteiger partial charge in [0.05, 0.1) is 0 Å². The van der Waals surface area contributed by atoms with E-state index in [0.717, 1.165) is 0 Å². The molecule has 1 N–H and O–H groups in total. The van der Waals surface area contributed by atoms with Gasteiger partial charge < -0.3 is 10.0 Å². The van der Waals surface area contributed by atoms with Gasteiger partial charge in [-0.1, -0.05) is 12.1 Å². The van der Waals surface area contributed by atoms with Crippen molar-refractivity contribution in [2.24, 2.45) is 0 Å². The summed E-state index contributed by atoms with van der Waals surface area (Å²) in [7, 11) is 0. The molecule has 0 bridgehead atoms. The lowest BCUT2D eigenvalue weighted by atomic mass is 10.0. The third-order valence-electron chi connectivity index (χ3n) is 2.90. The van der Waals surface area contributed by atoms with Crippen molar-refractivity contribution >= 4 is 12.0 Å². The fourth-order valence-corrected chi connectivity index (χ4v) is 1.99. The first-order chi connectivity index (χ1) is 9.29. The zero-order valence-corrected chi connectivity index (χ0v) is 12.3. The molecule has 0 aliphatic carbocycles. The first-order valence-electron chi connectivity index (χ1n) is 6.52. The van der Waals surface area contributed by atoms with Crippen LogP contribution in [0.4, 0.5) is 0 Å². The smallest absolute Gasteiger partial charge is 0.264 e. The van der Waals surface area contributed by atoms with Crippen LogP contribution in [0.1, 0.15) is 33.3 Å². The predicted octanol–water partition coefficient (Wildman–Crippen LogP) is 2.95. The van der Waals surface area contributed by atoms with Gasteiger partial charge in [-0.2, -0.15) is 5.26 Å². The van der Waals surface area contributed by atoms with Gasteiger partial charge in [0.2, 0.25) is 0 Å². The highest BCUT2D eigenvalue weighted by atomic mass is 16.3. The van der Waals surface area contributed by atoms with Crippen LogP contribution in [-0.4, -0.2) is 28.0 Å². The van der Waals surface area contributed by atoms with Crippen LogP contribution in [0.5, 0.6) is 5.75 Å². The maximum atomic E-state index is 12.4. The van der Waals surface area contributed by atoms with Crippen molar-refractivity contribution in [3.8, 4) is 11.8 Å². The van der Waals surface area contributed by atoms with Gasteiger partial charge in [0.25, 0.3) is 5.91 Å². The zero-order valence-electron chi connectivity index (χ0n) is 12.3. The molecule has 1 aromatic rings. The number of benzene rings is 1. The van der Waals surface area contributed by atoms with E-state index in [-0.39, 0.29) is 22.8 Å². The maximum absolute atomic E-state index is 12.4. The van der Waals surface area contributed by atoms with Crippen molar-refractivity contribution in [3.63, 3.8) is 0 Å². The molecule has 20 heavy (non-hydrogen) atoms. The van der Waals surface area contributed by atoms with Crippen molar-refractivity contribution in [3.05, 3.63) is 35.4 Å². The fourth-order valence-electron chi connectivity index (χ4n) is 1.99. The van der Waals surface area contributed by atoms with Crippen LogP contribution >= 0.6 is 0 Å². The average Bonchev–Trinajstić information content (AvgIpc) is 2.35. The van der Waals surface area contributed by atoms with Crippen LogP contribution < -0.4 is 0 Å². The second kappa shape index (κ2) is 6.25.